The molecule has 178 valence electrons. The average Bonchev–Trinajstić information content (AvgIpc) is 3.12. The van der Waals surface area contributed by atoms with E-state index in [0.717, 1.165) is 16.7 Å². The monoisotopic (exact) mass is 551 g/mol. The topological polar surface area (TPSA) is 93.7 Å². The maximum absolute atomic E-state index is 13.6. The zero-order chi connectivity index (χ0) is 25.1. The van der Waals surface area contributed by atoms with Gasteiger partial charge < -0.3 is 9.47 Å². The largest absolute Gasteiger partial charge is 0.478 e. The van der Waals surface area contributed by atoms with E-state index in [1.165, 1.54) is 11.3 Å². The van der Waals surface area contributed by atoms with E-state index in [1.54, 1.807) is 30.6 Å². The van der Waals surface area contributed by atoms with Crippen LogP contribution in [0.4, 0.5) is 0 Å². The Morgan fingerprint density at radius 3 is 2.66 bits per heavy atom. The van der Waals surface area contributed by atoms with Gasteiger partial charge in [-0.1, -0.05) is 47.2 Å². The minimum atomic E-state index is -0.637. The van der Waals surface area contributed by atoms with Crippen LogP contribution in [0.1, 0.15) is 36.6 Å². The molecule has 0 fully saturated rings. The van der Waals surface area contributed by atoms with Gasteiger partial charge in [-0.05, 0) is 66.0 Å². The molecule has 0 unspecified atom stereocenters. The van der Waals surface area contributed by atoms with Gasteiger partial charge in [0.2, 0.25) is 0 Å². The number of halogens is 1. The van der Waals surface area contributed by atoms with Crippen molar-refractivity contribution >= 4 is 39.3 Å². The van der Waals surface area contributed by atoms with Crippen LogP contribution in [0.25, 0.3) is 6.08 Å². The molecule has 1 aliphatic rings. The van der Waals surface area contributed by atoms with E-state index in [1.807, 2.05) is 49.4 Å². The van der Waals surface area contributed by atoms with E-state index in [-0.39, 0.29) is 18.8 Å². The predicted octanol–water partition coefficient (Wildman–Crippen LogP) is 3.77. The van der Waals surface area contributed by atoms with Crippen LogP contribution in [-0.2, 0) is 9.53 Å². The summed E-state index contributed by atoms with van der Waals surface area (Å²) in [5.74, 6) is 0.0599. The number of carbonyl (C=O) groups is 1. The second-order valence-corrected chi connectivity index (χ2v) is 9.71. The van der Waals surface area contributed by atoms with Gasteiger partial charge in [0.15, 0.2) is 11.4 Å². The zero-order valence-electron chi connectivity index (χ0n) is 19.4. The number of carbonyl (C=O) groups excluding carboxylic acids is 1. The highest BCUT2D eigenvalue weighted by Crippen LogP contribution is 2.31. The number of allylic oxidation sites excluding steroid dienone is 1. The van der Waals surface area contributed by atoms with E-state index in [2.05, 4.69) is 20.9 Å². The second-order valence-electron chi connectivity index (χ2n) is 7.85. The quantitative estimate of drug-likeness (QED) is 0.434. The Hall–Kier alpha value is -3.48. The van der Waals surface area contributed by atoms with Crippen molar-refractivity contribution in [1.82, 2.24) is 4.57 Å². The van der Waals surface area contributed by atoms with Crippen LogP contribution in [0.15, 0.2) is 68.0 Å². The molecule has 0 spiro atoms. The van der Waals surface area contributed by atoms with Gasteiger partial charge in [0.05, 0.1) is 32.9 Å². The third-order valence-electron chi connectivity index (χ3n) is 5.46. The number of fused-ring (bicyclic) bond motifs is 1. The minimum Gasteiger partial charge on any atom is -0.478 e. The Morgan fingerprint density at radius 1 is 1.26 bits per heavy atom. The Bertz CT molecular complexity index is 1550. The van der Waals surface area contributed by atoms with Crippen molar-refractivity contribution in [2.75, 3.05) is 13.2 Å². The van der Waals surface area contributed by atoms with Crippen molar-refractivity contribution in [3.8, 4) is 11.8 Å². The smallest absolute Gasteiger partial charge is 0.338 e. The van der Waals surface area contributed by atoms with E-state index < -0.39 is 12.0 Å². The van der Waals surface area contributed by atoms with Crippen molar-refractivity contribution in [2.24, 2.45) is 4.99 Å². The molecule has 4 rings (SSSR count). The summed E-state index contributed by atoms with van der Waals surface area (Å²) >= 11 is 4.71. The Labute approximate surface area is 214 Å². The molecule has 0 N–H and O–H groups in total. The number of nitrogens with zero attached hydrogens (tertiary/aromatic N) is 3. The number of rotatable bonds is 6. The van der Waals surface area contributed by atoms with Gasteiger partial charge in [0.25, 0.3) is 5.56 Å². The number of benzene rings is 2. The first-order chi connectivity index (χ1) is 16.8. The van der Waals surface area contributed by atoms with Gasteiger partial charge in [0.1, 0.15) is 11.8 Å². The SMILES string of the molecule is CCOC(=O)C1=C(C)N=c2s/c(=C/c3ccc(OCC#N)c(Br)c3)c(=O)n2[C@H]1c1ccc(C)cc1. The van der Waals surface area contributed by atoms with Crippen molar-refractivity contribution < 1.29 is 14.3 Å². The lowest BCUT2D eigenvalue weighted by Gasteiger charge is -2.24. The van der Waals surface area contributed by atoms with Gasteiger partial charge in [0, 0.05) is 0 Å². The highest BCUT2D eigenvalue weighted by molar-refractivity contribution is 9.10. The molecule has 0 saturated heterocycles. The first-order valence-corrected chi connectivity index (χ1v) is 12.5. The third kappa shape index (κ3) is 4.99. The summed E-state index contributed by atoms with van der Waals surface area (Å²) in [6.45, 7) is 5.67. The summed E-state index contributed by atoms with van der Waals surface area (Å²) in [5, 5.41) is 8.72. The molecule has 3 aromatic rings. The van der Waals surface area contributed by atoms with Crippen LogP contribution in [0.2, 0.25) is 0 Å². The fraction of sp³-hybridized carbons (Fsp3) is 0.231. The van der Waals surface area contributed by atoms with E-state index in [0.29, 0.717) is 30.8 Å². The lowest BCUT2D eigenvalue weighted by Crippen LogP contribution is -2.39. The molecule has 1 aliphatic heterocycles. The third-order valence-corrected chi connectivity index (χ3v) is 7.06. The van der Waals surface area contributed by atoms with E-state index >= 15 is 0 Å². The van der Waals surface area contributed by atoms with Gasteiger partial charge in [-0.25, -0.2) is 9.79 Å². The average molecular weight is 552 g/mol. The number of thiazole rings is 1. The number of aromatic nitrogens is 1. The number of hydrogen-bond donors (Lipinski definition) is 0. The molecular weight excluding hydrogens is 530 g/mol. The standard InChI is InChI=1S/C26H22BrN3O4S/c1-4-33-25(32)22-16(3)29-26-30(23(22)18-8-5-15(2)6-9-18)24(31)21(35-26)14-17-7-10-20(19(27)13-17)34-12-11-28/h5-10,13-14,23H,4,12H2,1-3H3/b21-14+/t23-/m0/s1. The van der Waals surface area contributed by atoms with Crippen LogP contribution in [-0.4, -0.2) is 23.8 Å². The minimum absolute atomic E-state index is 0.0578. The number of ether oxygens (including phenoxy) is 2. The zero-order valence-corrected chi connectivity index (χ0v) is 21.8. The van der Waals surface area contributed by atoms with Crippen LogP contribution in [0, 0.1) is 18.3 Å². The lowest BCUT2D eigenvalue weighted by atomic mass is 9.95. The summed E-state index contributed by atoms with van der Waals surface area (Å²) in [6.07, 6.45) is 1.78. The van der Waals surface area contributed by atoms with Crippen LogP contribution < -0.4 is 19.6 Å². The van der Waals surface area contributed by atoms with Crippen LogP contribution >= 0.6 is 27.3 Å². The Kier molecular flexibility index (Phi) is 7.34. The predicted molar refractivity (Wildman–Crippen MR) is 137 cm³/mol. The summed E-state index contributed by atoms with van der Waals surface area (Å²) in [4.78, 5) is 31.7. The summed E-state index contributed by atoms with van der Waals surface area (Å²) in [5.41, 5.74) is 3.31. The molecule has 1 atom stereocenters. The first-order valence-electron chi connectivity index (χ1n) is 10.9. The van der Waals surface area contributed by atoms with Gasteiger partial charge >= 0.3 is 5.97 Å². The summed E-state index contributed by atoms with van der Waals surface area (Å²) in [7, 11) is 0. The molecule has 0 bridgehead atoms. The van der Waals surface area contributed by atoms with Gasteiger partial charge in [-0.3, -0.25) is 9.36 Å². The molecule has 9 heteroatoms. The molecule has 0 saturated carbocycles. The fourth-order valence-electron chi connectivity index (χ4n) is 3.84. The Balaban J connectivity index is 1.87. The molecule has 2 heterocycles. The number of nitriles is 1. The highest BCUT2D eigenvalue weighted by atomic mass is 79.9. The van der Waals surface area contributed by atoms with Crippen molar-refractivity contribution in [3.05, 3.63) is 94.6 Å². The first kappa shape index (κ1) is 24.6. The van der Waals surface area contributed by atoms with Crippen molar-refractivity contribution in [3.63, 3.8) is 0 Å². The normalized spacial score (nSPS) is 15.3. The van der Waals surface area contributed by atoms with E-state index in [9.17, 15) is 9.59 Å². The fourth-order valence-corrected chi connectivity index (χ4v) is 5.40. The summed E-state index contributed by atoms with van der Waals surface area (Å²) in [6, 6.07) is 14.4. The van der Waals surface area contributed by atoms with Gasteiger partial charge in [-0.15, -0.1) is 0 Å². The molecule has 7 nitrogen and oxygen atoms in total. The molecule has 0 aliphatic carbocycles. The molecule has 2 aromatic carbocycles. The van der Waals surface area contributed by atoms with Crippen molar-refractivity contribution in [1.29, 1.82) is 5.26 Å². The molecule has 0 amide bonds. The number of hydrogen-bond acceptors (Lipinski definition) is 7. The lowest BCUT2D eigenvalue weighted by molar-refractivity contribution is -0.139. The molecule has 1 aromatic heterocycles. The van der Waals surface area contributed by atoms with Gasteiger partial charge in [-0.2, -0.15) is 5.26 Å². The number of esters is 1. The maximum Gasteiger partial charge on any atom is 0.338 e. The second kappa shape index (κ2) is 10.4. The van der Waals surface area contributed by atoms with Crippen LogP contribution in [0.5, 0.6) is 5.75 Å². The van der Waals surface area contributed by atoms with Crippen LogP contribution in [0.3, 0.4) is 0 Å². The maximum atomic E-state index is 13.6. The highest BCUT2D eigenvalue weighted by Gasteiger charge is 2.33. The summed E-state index contributed by atoms with van der Waals surface area (Å²) < 4.78 is 13.4. The number of aryl methyl sites for hydroxylation is 1. The van der Waals surface area contributed by atoms with Crippen molar-refractivity contribution in [2.45, 2.75) is 26.8 Å². The Morgan fingerprint density at radius 2 is 2.00 bits per heavy atom. The molecule has 0 radical (unpaired) electrons. The van der Waals surface area contributed by atoms with E-state index in [4.69, 9.17) is 14.7 Å². The molecule has 35 heavy (non-hydrogen) atoms. The molecular formula is C26H22BrN3O4S.